The average molecular weight is 515 g/mol. The first-order valence-corrected chi connectivity index (χ1v) is 12.9. The Kier molecular flexibility index (Phi) is 7.10. The maximum absolute atomic E-state index is 13.0. The molecule has 6 nitrogen and oxygen atoms in total. The maximum Gasteiger partial charge on any atom is 0.237 e. The van der Waals surface area contributed by atoms with E-state index in [-0.39, 0.29) is 35.4 Å². The summed E-state index contributed by atoms with van der Waals surface area (Å²) in [6, 6.07) is 6.41. The van der Waals surface area contributed by atoms with Crippen LogP contribution in [-0.4, -0.2) is 51.8 Å². The number of halogens is 1. The highest BCUT2D eigenvalue weighted by Gasteiger charge is 2.38. The molecule has 1 aliphatic heterocycles. The van der Waals surface area contributed by atoms with Crippen LogP contribution < -0.4 is 10.6 Å². The highest BCUT2D eigenvalue weighted by Crippen LogP contribution is 2.32. The number of nitrogens with one attached hydrogen (secondary N) is 2. The highest BCUT2D eigenvalue weighted by atomic mass is 79.9. The zero-order chi connectivity index (χ0) is 23.8. The molecule has 2 aliphatic rings. The van der Waals surface area contributed by atoms with Crippen molar-refractivity contribution in [2.75, 3.05) is 11.9 Å². The van der Waals surface area contributed by atoms with Gasteiger partial charge < -0.3 is 10.6 Å². The molecule has 4 rings (SSSR count). The molecule has 1 aromatic heterocycles. The van der Waals surface area contributed by atoms with Crippen molar-refractivity contribution < 1.29 is 9.59 Å². The van der Waals surface area contributed by atoms with Crippen LogP contribution in [0.25, 0.3) is 10.9 Å². The number of likely N-dealkylation sites (tertiary alicyclic amines) is 1. The van der Waals surface area contributed by atoms with E-state index in [0.29, 0.717) is 5.56 Å². The topological polar surface area (TPSA) is 74.3 Å². The summed E-state index contributed by atoms with van der Waals surface area (Å²) >= 11 is 3.54. The van der Waals surface area contributed by atoms with Gasteiger partial charge in [0.15, 0.2) is 5.78 Å². The van der Waals surface area contributed by atoms with E-state index in [1.54, 1.807) is 13.1 Å². The van der Waals surface area contributed by atoms with Crippen molar-refractivity contribution >= 4 is 44.2 Å². The van der Waals surface area contributed by atoms with Gasteiger partial charge >= 0.3 is 0 Å². The molecule has 1 aromatic carbocycles. The number of benzene rings is 1. The number of fused-ring (bicyclic) bond motifs is 1. The van der Waals surface area contributed by atoms with Crippen molar-refractivity contribution in [1.82, 2.24) is 15.2 Å². The predicted molar refractivity (Wildman–Crippen MR) is 137 cm³/mol. The fourth-order valence-corrected chi connectivity index (χ4v) is 5.67. The predicted octanol–water partition coefficient (Wildman–Crippen LogP) is 5.30. The van der Waals surface area contributed by atoms with Gasteiger partial charge in [0.1, 0.15) is 0 Å². The number of rotatable bonds is 5. The van der Waals surface area contributed by atoms with E-state index in [1.165, 1.54) is 0 Å². The summed E-state index contributed by atoms with van der Waals surface area (Å²) in [5.41, 5.74) is 2.37. The van der Waals surface area contributed by atoms with Crippen molar-refractivity contribution in [1.29, 1.82) is 0 Å². The first-order chi connectivity index (χ1) is 15.6. The van der Waals surface area contributed by atoms with E-state index in [9.17, 15) is 9.59 Å². The lowest BCUT2D eigenvalue weighted by Crippen LogP contribution is -2.53. The Balaban J connectivity index is 1.41. The number of ketones is 1. The molecule has 7 heteroatoms. The van der Waals surface area contributed by atoms with E-state index in [4.69, 9.17) is 0 Å². The summed E-state index contributed by atoms with van der Waals surface area (Å²) in [4.78, 5) is 32.1. The molecule has 178 valence electrons. The number of hydrogen-bond donors (Lipinski definition) is 2. The molecule has 2 N–H and O–H groups in total. The lowest BCUT2D eigenvalue weighted by atomic mass is 9.90. The molecule has 2 heterocycles. The molecule has 1 saturated carbocycles. The van der Waals surface area contributed by atoms with E-state index in [0.717, 1.165) is 66.1 Å². The maximum atomic E-state index is 13.0. The van der Waals surface area contributed by atoms with E-state index in [1.807, 2.05) is 18.2 Å². The van der Waals surface area contributed by atoms with Gasteiger partial charge in [-0.1, -0.05) is 15.9 Å². The molecular weight excluding hydrogens is 480 g/mol. The molecule has 0 spiro atoms. The number of carbonyl (C=O) groups excluding carboxylic acids is 2. The normalized spacial score (nSPS) is 24.1. The first-order valence-electron chi connectivity index (χ1n) is 12.1. The number of pyridine rings is 1. The van der Waals surface area contributed by atoms with Crippen LogP contribution in [0.2, 0.25) is 0 Å². The molecule has 0 bridgehead atoms. The zero-order valence-corrected chi connectivity index (χ0v) is 21.7. The fraction of sp³-hybridized carbons (Fsp3) is 0.577. The van der Waals surface area contributed by atoms with Gasteiger partial charge in [0, 0.05) is 33.7 Å². The Labute approximate surface area is 205 Å². The summed E-state index contributed by atoms with van der Waals surface area (Å²) in [7, 11) is 0. The van der Waals surface area contributed by atoms with Crippen molar-refractivity contribution in [2.45, 2.75) is 89.9 Å². The largest absolute Gasteiger partial charge is 0.381 e. The second-order valence-corrected chi connectivity index (χ2v) is 11.4. The Hall–Kier alpha value is -1.99. The SMILES string of the molecule is CC(=O)c1cnc2ccc(Br)cc2c1NC1CCC(NC(=O)[C@@H]2CCCN2C(C)(C)C)CC1. The molecule has 1 saturated heterocycles. The highest BCUT2D eigenvalue weighted by molar-refractivity contribution is 9.10. The van der Waals surface area contributed by atoms with Gasteiger partial charge in [0.05, 0.1) is 22.8 Å². The number of nitrogens with zero attached hydrogens (tertiary/aromatic N) is 2. The summed E-state index contributed by atoms with van der Waals surface area (Å²) in [5, 5.41) is 7.94. The molecule has 1 aliphatic carbocycles. The van der Waals surface area contributed by atoms with Crippen LogP contribution in [0.3, 0.4) is 0 Å². The molecule has 0 radical (unpaired) electrons. The number of anilines is 1. The van der Waals surface area contributed by atoms with Crippen LogP contribution >= 0.6 is 15.9 Å². The number of amides is 1. The smallest absolute Gasteiger partial charge is 0.237 e. The minimum absolute atomic E-state index is 0.00721. The second kappa shape index (κ2) is 9.71. The monoisotopic (exact) mass is 514 g/mol. The van der Waals surface area contributed by atoms with Gasteiger partial charge in [-0.25, -0.2) is 0 Å². The lowest BCUT2D eigenvalue weighted by Gasteiger charge is -2.37. The fourth-order valence-electron chi connectivity index (χ4n) is 5.31. The average Bonchev–Trinajstić information content (AvgIpc) is 3.26. The zero-order valence-electron chi connectivity index (χ0n) is 20.1. The van der Waals surface area contributed by atoms with Crippen molar-refractivity contribution in [3.8, 4) is 0 Å². The molecular formula is C26H35BrN4O2. The summed E-state index contributed by atoms with van der Waals surface area (Å²) in [6.07, 6.45) is 7.48. The van der Waals surface area contributed by atoms with Crippen molar-refractivity contribution in [2.24, 2.45) is 0 Å². The third-order valence-corrected chi connectivity index (χ3v) is 7.54. The van der Waals surface area contributed by atoms with Gasteiger partial charge in [0.25, 0.3) is 0 Å². The number of hydrogen-bond acceptors (Lipinski definition) is 5. The molecule has 33 heavy (non-hydrogen) atoms. The quantitative estimate of drug-likeness (QED) is 0.529. The summed E-state index contributed by atoms with van der Waals surface area (Å²) in [5.74, 6) is 0.190. The van der Waals surface area contributed by atoms with Crippen LogP contribution in [0.1, 0.15) is 76.6 Å². The molecule has 2 fully saturated rings. The molecule has 1 atom stereocenters. The van der Waals surface area contributed by atoms with Gasteiger partial charge in [-0.05, 0) is 91.0 Å². The second-order valence-electron chi connectivity index (χ2n) is 10.5. The van der Waals surface area contributed by atoms with Gasteiger partial charge in [-0.3, -0.25) is 19.5 Å². The lowest BCUT2D eigenvalue weighted by molar-refractivity contribution is -0.128. The Morgan fingerprint density at radius 3 is 2.45 bits per heavy atom. The van der Waals surface area contributed by atoms with Gasteiger partial charge in [-0.2, -0.15) is 0 Å². The third-order valence-electron chi connectivity index (χ3n) is 7.05. The number of aromatic nitrogens is 1. The van der Waals surface area contributed by atoms with Crippen LogP contribution in [-0.2, 0) is 4.79 Å². The van der Waals surface area contributed by atoms with Crippen molar-refractivity contribution in [3.05, 3.63) is 34.4 Å². The Morgan fingerprint density at radius 1 is 1.09 bits per heavy atom. The van der Waals surface area contributed by atoms with E-state index < -0.39 is 0 Å². The molecule has 0 unspecified atom stereocenters. The third kappa shape index (κ3) is 5.40. The van der Waals surface area contributed by atoms with Crippen LogP contribution in [0.15, 0.2) is 28.9 Å². The molecule has 1 amide bonds. The van der Waals surface area contributed by atoms with Crippen LogP contribution in [0.4, 0.5) is 5.69 Å². The molecule has 2 aromatic rings. The number of carbonyl (C=O) groups is 2. The van der Waals surface area contributed by atoms with Gasteiger partial charge in [0.2, 0.25) is 5.91 Å². The first kappa shape index (κ1) is 24.1. The summed E-state index contributed by atoms with van der Waals surface area (Å²) < 4.78 is 0.961. The van der Waals surface area contributed by atoms with E-state index >= 15 is 0 Å². The van der Waals surface area contributed by atoms with E-state index in [2.05, 4.69) is 57.2 Å². The minimum atomic E-state index is -0.0133. The standard InChI is InChI=1S/C26H35BrN4O2/c1-16(32)21-15-28-22-12-7-17(27)14-20(22)24(21)29-18-8-10-19(11-9-18)30-25(33)23-6-5-13-31(23)26(2,3)4/h7,12,14-15,18-19,23H,5-6,8-11,13H2,1-4H3,(H,28,29)(H,30,33)/t18?,19?,23-/m0/s1. The summed E-state index contributed by atoms with van der Waals surface area (Å²) in [6.45, 7) is 9.14. The Morgan fingerprint density at radius 2 is 1.79 bits per heavy atom. The minimum Gasteiger partial charge on any atom is -0.381 e. The van der Waals surface area contributed by atoms with Crippen LogP contribution in [0, 0.1) is 0 Å². The van der Waals surface area contributed by atoms with Crippen LogP contribution in [0.5, 0.6) is 0 Å². The van der Waals surface area contributed by atoms with Gasteiger partial charge in [-0.15, -0.1) is 0 Å². The Bertz CT molecular complexity index is 1040. The van der Waals surface area contributed by atoms with Crippen molar-refractivity contribution in [3.63, 3.8) is 0 Å². The number of Topliss-reactive ketones (excluding diaryl/α,β-unsaturated/α-hetero) is 1.